The molecule has 0 aliphatic heterocycles. The van der Waals surface area contributed by atoms with Crippen molar-refractivity contribution in [2.75, 3.05) is 23.1 Å². The number of thioether (sulfide) groups is 1. The van der Waals surface area contributed by atoms with Gasteiger partial charge < -0.3 is 5.32 Å². The van der Waals surface area contributed by atoms with Crippen molar-refractivity contribution in [3.63, 3.8) is 0 Å². The Morgan fingerprint density at radius 1 is 1.12 bits per heavy atom. The summed E-state index contributed by atoms with van der Waals surface area (Å²) in [6.07, 6.45) is 0.113. The molecule has 2 aromatic rings. The monoisotopic (exact) mass is 500 g/mol. The average molecular weight is 501 g/mol. The van der Waals surface area contributed by atoms with Crippen LogP contribution in [0.3, 0.4) is 0 Å². The van der Waals surface area contributed by atoms with Crippen LogP contribution in [0.15, 0.2) is 53.4 Å². The Bertz CT molecular complexity index is 1050. The maximum Gasteiger partial charge on any atom is 0.416 e. The van der Waals surface area contributed by atoms with Gasteiger partial charge in [-0.3, -0.25) is 9.10 Å². The van der Waals surface area contributed by atoms with Crippen LogP contribution in [-0.2, 0) is 21.0 Å². The highest BCUT2D eigenvalue weighted by atomic mass is 32.2. The van der Waals surface area contributed by atoms with Gasteiger partial charge in [0, 0.05) is 17.5 Å². The molecule has 0 heterocycles. The topological polar surface area (TPSA) is 66.5 Å². The Hall–Kier alpha value is -2.20. The first-order chi connectivity index (χ1) is 15.6. The van der Waals surface area contributed by atoms with Gasteiger partial charge in [-0.1, -0.05) is 36.6 Å². The number of carbonyl (C=O) groups is 1. The van der Waals surface area contributed by atoms with E-state index in [1.807, 2.05) is 0 Å². The van der Waals surface area contributed by atoms with E-state index in [2.05, 4.69) is 5.32 Å². The van der Waals surface area contributed by atoms with E-state index in [0.717, 1.165) is 40.9 Å². The standard InChI is InChI=1S/C23H27F3N2O3S2/c1-17-9-11-21(12-10-17)33(30,31)28(19-6-4-5-18(15-19)23(24,25)26)16-22(29)27-13-14-32-20-7-2-3-8-20/h4-6,9-12,15,20H,2-3,7-8,13-14,16H2,1H3,(H,27,29). The molecular weight excluding hydrogens is 473 g/mol. The van der Waals surface area contributed by atoms with E-state index in [9.17, 15) is 26.4 Å². The minimum Gasteiger partial charge on any atom is -0.354 e. The molecule has 0 unspecified atom stereocenters. The summed E-state index contributed by atoms with van der Waals surface area (Å²) in [5.41, 5.74) is -0.379. The number of amides is 1. The van der Waals surface area contributed by atoms with Crippen molar-refractivity contribution in [1.29, 1.82) is 0 Å². The van der Waals surface area contributed by atoms with Crippen molar-refractivity contribution in [3.8, 4) is 0 Å². The van der Waals surface area contributed by atoms with Crippen LogP contribution in [0.25, 0.3) is 0 Å². The number of sulfonamides is 1. The highest BCUT2D eigenvalue weighted by Crippen LogP contribution is 2.33. The van der Waals surface area contributed by atoms with Crippen LogP contribution < -0.4 is 9.62 Å². The van der Waals surface area contributed by atoms with Crippen LogP contribution in [-0.4, -0.2) is 38.4 Å². The zero-order chi connectivity index (χ0) is 24.1. The Balaban J connectivity index is 1.79. The number of rotatable bonds is 9. The minimum absolute atomic E-state index is 0.102. The first-order valence-electron chi connectivity index (χ1n) is 10.7. The second-order valence-corrected chi connectivity index (χ2v) is 11.3. The SMILES string of the molecule is Cc1ccc(S(=O)(=O)N(CC(=O)NCCSC2CCCC2)c2cccc(C(F)(F)F)c2)cc1. The molecule has 10 heteroatoms. The number of halogens is 3. The normalized spacial score (nSPS) is 14.9. The molecule has 1 aliphatic carbocycles. The molecule has 1 aliphatic rings. The van der Waals surface area contributed by atoms with Crippen LogP contribution >= 0.6 is 11.8 Å². The summed E-state index contributed by atoms with van der Waals surface area (Å²) in [6.45, 7) is 1.53. The number of alkyl halides is 3. The maximum absolute atomic E-state index is 13.3. The van der Waals surface area contributed by atoms with E-state index >= 15 is 0 Å². The molecule has 180 valence electrons. The van der Waals surface area contributed by atoms with Crippen molar-refractivity contribution in [1.82, 2.24) is 5.32 Å². The smallest absolute Gasteiger partial charge is 0.354 e. The predicted octanol–water partition coefficient (Wildman–Crippen LogP) is 5.00. The fourth-order valence-electron chi connectivity index (χ4n) is 3.65. The number of carbonyl (C=O) groups excluding carboxylic acids is 1. The molecule has 0 atom stereocenters. The molecule has 0 aromatic heterocycles. The Morgan fingerprint density at radius 2 is 1.79 bits per heavy atom. The number of aryl methyl sites for hydroxylation is 1. The first kappa shape index (κ1) is 25.4. The van der Waals surface area contributed by atoms with E-state index in [4.69, 9.17) is 0 Å². The molecule has 2 aromatic carbocycles. The Morgan fingerprint density at radius 3 is 2.42 bits per heavy atom. The predicted molar refractivity (Wildman–Crippen MR) is 125 cm³/mol. The van der Waals surface area contributed by atoms with E-state index in [0.29, 0.717) is 17.5 Å². The highest BCUT2D eigenvalue weighted by Gasteiger charge is 2.33. The van der Waals surface area contributed by atoms with Crippen LogP contribution in [0, 0.1) is 6.92 Å². The zero-order valence-electron chi connectivity index (χ0n) is 18.3. The summed E-state index contributed by atoms with van der Waals surface area (Å²) < 4.78 is 67.1. The fourth-order valence-corrected chi connectivity index (χ4v) is 6.28. The van der Waals surface area contributed by atoms with Crippen molar-refractivity contribution in [2.45, 2.75) is 48.9 Å². The summed E-state index contributed by atoms with van der Waals surface area (Å²) in [5, 5.41) is 3.28. The second kappa shape index (κ2) is 10.8. The summed E-state index contributed by atoms with van der Waals surface area (Å²) in [5.74, 6) is 0.125. The summed E-state index contributed by atoms with van der Waals surface area (Å²) >= 11 is 1.78. The van der Waals surface area contributed by atoms with E-state index in [-0.39, 0.29) is 10.6 Å². The number of benzene rings is 2. The van der Waals surface area contributed by atoms with Crippen molar-refractivity contribution in [2.24, 2.45) is 0 Å². The molecule has 0 radical (unpaired) electrons. The van der Waals surface area contributed by atoms with Gasteiger partial charge in [-0.15, -0.1) is 0 Å². The van der Waals surface area contributed by atoms with Gasteiger partial charge >= 0.3 is 6.18 Å². The summed E-state index contributed by atoms with van der Waals surface area (Å²) in [6, 6.07) is 9.93. The van der Waals surface area contributed by atoms with Gasteiger partial charge in [0.1, 0.15) is 6.54 Å². The fraction of sp³-hybridized carbons (Fsp3) is 0.435. The first-order valence-corrected chi connectivity index (χ1v) is 13.2. The Kier molecular flexibility index (Phi) is 8.33. The van der Waals surface area contributed by atoms with Crippen LogP contribution in [0.1, 0.15) is 36.8 Å². The van der Waals surface area contributed by atoms with E-state index in [1.165, 1.54) is 31.0 Å². The van der Waals surface area contributed by atoms with Gasteiger partial charge in [-0.05, 0) is 50.1 Å². The molecule has 0 saturated heterocycles. The molecule has 1 N–H and O–H groups in total. The minimum atomic E-state index is -4.64. The molecule has 1 amide bonds. The molecule has 0 bridgehead atoms. The molecule has 3 rings (SSSR count). The molecule has 1 saturated carbocycles. The van der Waals surface area contributed by atoms with Gasteiger partial charge in [0.05, 0.1) is 16.1 Å². The van der Waals surface area contributed by atoms with Gasteiger partial charge in [-0.25, -0.2) is 8.42 Å². The van der Waals surface area contributed by atoms with Crippen molar-refractivity contribution in [3.05, 3.63) is 59.7 Å². The van der Waals surface area contributed by atoms with Gasteiger partial charge in [0.25, 0.3) is 10.0 Å². The quantitative estimate of drug-likeness (QED) is 0.492. The highest BCUT2D eigenvalue weighted by molar-refractivity contribution is 7.99. The number of hydrogen-bond donors (Lipinski definition) is 1. The van der Waals surface area contributed by atoms with Crippen molar-refractivity contribution >= 4 is 33.4 Å². The Labute approximate surface area is 196 Å². The van der Waals surface area contributed by atoms with Crippen molar-refractivity contribution < 1.29 is 26.4 Å². The maximum atomic E-state index is 13.3. The summed E-state index contributed by atoms with van der Waals surface area (Å²) in [4.78, 5) is 12.5. The van der Waals surface area contributed by atoms with Gasteiger partial charge in [-0.2, -0.15) is 24.9 Å². The lowest BCUT2D eigenvalue weighted by molar-refractivity contribution is -0.137. The van der Waals surface area contributed by atoms with Gasteiger partial charge in [0.15, 0.2) is 0 Å². The second-order valence-electron chi connectivity index (χ2n) is 8.00. The largest absolute Gasteiger partial charge is 0.416 e. The number of nitrogens with one attached hydrogen (secondary N) is 1. The third kappa shape index (κ3) is 6.89. The van der Waals surface area contributed by atoms with Crippen LogP contribution in [0.2, 0.25) is 0 Å². The van der Waals surface area contributed by atoms with E-state index in [1.54, 1.807) is 30.8 Å². The zero-order valence-corrected chi connectivity index (χ0v) is 19.9. The third-order valence-electron chi connectivity index (χ3n) is 5.44. The molecule has 5 nitrogen and oxygen atoms in total. The molecule has 1 fully saturated rings. The number of nitrogens with zero attached hydrogens (tertiary/aromatic N) is 1. The molecular formula is C23H27F3N2O3S2. The summed E-state index contributed by atoms with van der Waals surface area (Å²) in [7, 11) is -4.27. The van der Waals surface area contributed by atoms with Crippen LogP contribution in [0.5, 0.6) is 0 Å². The van der Waals surface area contributed by atoms with Gasteiger partial charge in [0.2, 0.25) is 5.91 Å². The number of anilines is 1. The van der Waals surface area contributed by atoms with E-state index < -0.39 is 34.2 Å². The lowest BCUT2D eigenvalue weighted by Crippen LogP contribution is -2.41. The third-order valence-corrected chi connectivity index (χ3v) is 8.61. The van der Waals surface area contributed by atoms with Crippen LogP contribution in [0.4, 0.5) is 18.9 Å². The molecule has 0 spiro atoms. The number of hydrogen-bond acceptors (Lipinski definition) is 4. The lowest BCUT2D eigenvalue weighted by Gasteiger charge is -2.25. The molecule has 33 heavy (non-hydrogen) atoms. The average Bonchev–Trinajstić information content (AvgIpc) is 3.28. The lowest BCUT2D eigenvalue weighted by atomic mass is 10.2.